The minimum absolute atomic E-state index is 0.120. The summed E-state index contributed by atoms with van der Waals surface area (Å²) in [6.07, 6.45) is -3.46. The summed E-state index contributed by atoms with van der Waals surface area (Å²) in [5.74, 6) is -1.37. The van der Waals surface area contributed by atoms with E-state index in [0.29, 0.717) is 28.3 Å². The second kappa shape index (κ2) is 9.61. The first-order valence-electron chi connectivity index (χ1n) is 9.28. The molecular weight excluding hydrogens is 457 g/mol. The van der Waals surface area contributed by atoms with Crippen LogP contribution in [0.25, 0.3) is 11.1 Å². The van der Waals surface area contributed by atoms with Crippen molar-refractivity contribution in [2.75, 3.05) is 20.3 Å². The Balaban J connectivity index is 2.03. The first-order valence-corrected chi connectivity index (χ1v) is 9.65. The van der Waals surface area contributed by atoms with E-state index >= 15 is 0 Å². The zero-order chi connectivity index (χ0) is 23.5. The van der Waals surface area contributed by atoms with Crippen LogP contribution in [0.4, 0.5) is 13.2 Å². The number of hydrogen-bond donors (Lipinski definition) is 1. The third-order valence-electron chi connectivity index (χ3n) is 4.77. The molecule has 0 fully saturated rings. The van der Waals surface area contributed by atoms with Gasteiger partial charge in [0.05, 0.1) is 26.5 Å². The topological polar surface area (TPSA) is 99.3 Å². The molecule has 172 valence electrons. The number of hydrogen-bond acceptors (Lipinski definition) is 6. The number of aliphatic carboxylic acids is 1. The minimum Gasteiger partial charge on any atom is -0.495 e. The zero-order valence-corrected chi connectivity index (χ0v) is 17.4. The molecule has 1 aromatic heterocycles. The Labute approximate surface area is 184 Å². The minimum atomic E-state index is -4.91. The molecule has 2 aromatic rings. The van der Waals surface area contributed by atoms with E-state index in [9.17, 15) is 27.9 Å². The van der Waals surface area contributed by atoms with Gasteiger partial charge in [-0.3, -0.25) is 19.1 Å². The van der Waals surface area contributed by atoms with Crippen LogP contribution in [0.2, 0.25) is 5.02 Å². The van der Waals surface area contributed by atoms with Crippen LogP contribution in [-0.2, 0) is 14.3 Å². The maximum atomic E-state index is 12.8. The maximum absolute atomic E-state index is 12.8. The van der Waals surface area contributed by atoms with Crippen molar-refractivity contribution in [2.45, 2.75) is 24.9 Å². The molecule has 2 atom stereocenters. The summed E-state index contributed by atoms with van der Waals surface area (Å²) in [4.78, 5) is 28.5. The number of carboxylic acid groups (broad SMARTS) is 1. The first kappa shape index (κ1) is 23.6. The second-order valence-electron chi connectivity index (χ2n) is 6.76. The summed E-state index contributed by atoms with van der Waals surface area (Å²) in [6.45, 7) is -0.581. The fourth-order valence-electron chi connectivity index (χ4n) is 3.33. The molecule has 0 aliphatic carbocycles. The molecule has 1 aliphatic rings. The van der Waals surface area contributed by atoms with Crippen molar-refractivity contribution in [1.29, 1.82) is 0 Å². The smallest absolute Gasteiger partial charge is 0.495 e. The number of benzene rings is 1. The van der Waals surface area contributed by atoms with Crippen molar-refractivity contribution in [2.24, 2.45) is 4.99 Å². The Morgan fingerprint density at radius 1 is 1.38 bits per heavy atom. The molecule has 12 heteroatoms. The Kier molecular flexibility index (Phi) is 7.09. The van der Waals surface area contributed by atoms with Gasteiger partial charge in [0.25, 0.3) is 5.56 Å². The van der Waals surface area contributed by atoms with Crippen LogP contribution in [-0.4, -0.2) is 48.7 Å². The summed E-state index contributed by atoms with van der Waals surface area (Å²) in [5.41, 5.74) is 0.754. The fraction of sp³-hybridized carbons (Fsp3) is 0.350. The number of carboxylic acids is 1. The zero-order valence-electron chi connectivity index (χ0n) is 16.6. The van der Waals surface area contributed by atoms with Gasteiger partial charge in [0, 0.05) is 28.6 Å². The van der Waals surface area contributed by atoms with Gasteiger partial charge < -0.3 is 14.6 Å². The van der Waals surface area contributed by atoms with E-state index in [1.807, 2.05) is 0 Å². The Morgan fingerprint density at radius 3 is 2.72 bits per heavy atom. The summed E-state index contributed by atoms with van der Waals surface area (Å²) >= 11 is 6.15. The van der Waals surface area contributed by atoms with Gasteiger partial charge in [-0.2, -0.15) is 0 Å². The van der Waals surface area contributed by atoms with Crippen LogP contribution >= 0.6 is 11.6 Å². The van der Waals surface area contributed by atoms with Gasteiger partial charge in [0.2, 0.25) is 0 Å². The normalized spacial score (nSPS) is 16.6. The van der Waals surface area contributed by atoms with Gasteiger partial charge in [-0.25, -0.2) is 4.79 Å². The fourth-order valence-corrected chi connectivity index (χ4v) is 3.50. The average Bonchev–Trinajstić information content (AvgIpc) is 3.25. The van der Waals surface area contributed by atoms with E-state index in [1.165, 1.54) is 13.5 Å². The predicted molar refractivity (Wildman–Crippen MR) is 108 cm³/mol. The molecule has 1 aliphatic heterocycles. The van der Waals surface area contributed by atoms with Crippen molar-refractivity contribution < 1.29 is 37.3 Å². The number of methoxy groups -OCH3 is 1. The number of carbonyl (C=O) groups is 1. The van der Waals surface area contributed by atoms with Gasteiger partial charge in [-0.05, 0) is 17.7 Å². The predicted octanol–water partition coefficient (Wildman–Crippen LogP) is 3.83. The highest BCUT2D eigenvalue weighted by Crippen LogP contribution is 2.38. The number of halogens is 4. The summed E-state index contributed by atoms with van der Waals surface area (Å²) in [7, 11) is 1.32. The highest BCUT2D eigenvalue weighted by Gasteiger charge is 2.31. The van der Waals surface area contributed by atoms with Gasteiger partial charge in [0.15, 0.2) is 6.40 Å². The van der Waals surface area contributed by atoms with Crippen molar-refractivity contribution >= 4 is 24.0 Å². The van der Waals surface area contributed by atoms with E-state index in [1.54, 1.807) is 18.2 Å². The number of alkyl halides is 3. The average molecular weight is 475 g/mol. The molecule has 32 heavy (non-hydrogen) atoms. The number of aromatic nitrogens is 1. The second-order valence-corrected chi connectivity index (χ2v) is 7.20. The van der Waals surface area contributed by atoms with Crippen LogP contribution < -0.4 is 10.3 Å². The summed E-state index contributed by atoms with van der Waals surface area (Å²) in [5, 5.41) is 9.85. The molecule has 0 amide bonds. The molecule has 0 spiro atoms. The SMILES string of the molecule is COc1cn(C(CCOC(F)(F)F)C(=O)O)c(=O)cc1-c1cc(Cl)ccc1C1CN=CO1. The molecule has 2 heterocycles. The molecule has 0 bridgehead atoms. The Bertz CT molecular complexity index is 1080. The molecule has 0 radical (unpaired) electrons. The van der Waals surface area contributed by atoms with Gasteiger partial charge in [0.1, 0.15) is 17.9 Å². The van der Waals surface area contributed by atoms with E-state index in [0.717, 1.165) is 16.8 Å². The molecular formula is C20H18ClF3N2O6. The highest BCUT2D eigenvalue weighted by molar-refractivity contribution is 6.30. The third kappa shape index (κ3) is 5.40. The lowest BCUT2D eigenvalue weighted by atomic mass is 9.96. The van der Waals surface area contributed by atoms with Crippen LogP contribution in [0, 0.1) is 0 Å². The highest BCUT2D eigenvalue weighted by atomic mass is 35.5. The van der Waals surface area contributed by atoms with Crippen molar-refractivity contribution in [1.82, 2.24) is 4.57 Å². The lowest BCUT2D eigenvalue weighted by Crippen LogP contribution is -2.31. The first-order chi connectivity index (χ1) is 15.1. The Morgan fingerprint density at radius 2 is 2.12 bits per heavy atom. The molecule has 0 saturated carbocycles. The molecule has 2 unspecified atom stereocenters. The van der Waals surface area contributed by atoms with Crippen LogP contribution in [0.5, 0.6) is 5.75 Å². The van der Waals surface area contributed by atoms with Crippen molar-refractivity contribution in [3.63, 3.8) is 0 Å². The summed E-state index contributed by atoms with van der Waals surface area (Å²) < 4.78 is 52.1. The van der Waals surface area contributed by atoms with E-state index in [4.69, 9.17) is 21.1 Å². The molecule has 0 saturated heterocycles. The van der Waals surface area contributed by atoms with E-state index < -0.39 is 43.1 Å². The van der Waals surface area contributed by atoms with Crippen molar-refractivity contribution in [3.05, 3.63) is 51.4 Å². The van der Waals surface area contributed by atoms with E-state index in [2.05, 4.69) is 9.73 Å². The number of pyridine rings is 1. The number of ether oxygens (including phenoxy) is 3. The molecule has 1 aromatic carbocycles. The number of rotatable bonds is 8. The Hall–Kier alpha value is -3.05. The molecule has 3 rings (SSSR count). The number of nitrogens with zero attached hydrogens (tertiary/aromatic N) is 2. The van der Waals surface area contributed by atoms with Crippen LogP contribution in [0.3, 0.4) is 0 Å². The standard InChI is InChI=1S/C20H18ClF3N2O6/c1-30-17-9-26(15(19(28)29)4-5-32-20(22,23)24)18(27)7-14(17)13-6-11(21)2-3-12(13)16-8-25-10-31-16/h2-3,6-7,9-10,15-16H,4-5,8H2,1H3,(H,28,29). The van der Waals surface area contributed by atoms with Crippen molar-refractivity contribution in [3.8, 4) is 16.9 Å². The summed E-state index contributed by atoms with van der Waals surface area (Å²) in [6, 6.07) is 4.52. The largest absolute Gasteiger partial charge is 0.522 e. The quantitative estimate of drug-likeness (QED) is 0.624. The van der Waals surface area contributed by atoms with E-state index in [-0.39, 0.29) is 5.75 Å². The third-order valence-corrected chi connectivity index (χ3v) is 5.00. The van der Waals surface area contributed by atoms with Crippen LogP contribution in [0.1, 0.15) is 24.1 Å². The van der Waals surface area contributed by atoms with Gasteiger partial charge in [-0.1, -0.05) is 17.7 Å². The lowest BCUT2D eigenvalue weighted by molar-refractivity contribution is -0.325. The maximum Gasteiger partial charge on any atom is 0.522 e. The molecule has 1 N–H and O–H groups in total. The lowest BCUT2D eigenvalue weighted by Gasteiger charge is -2.20. The van der Waals surface area contributed by atoms with Crippen LogP contribution in [0.15, 0.2) is 40.2 Å². The molecule has 8 nitrogen and oxygen atoms in total. The number of aliphatic imine (C=N–C) groups is 1. The van der Waals surface area contributed by atoms with Gasteiger partial charge >= 0.3 is 12.3 Å². The monoisotopic (exact) mass is 474 g/mol. The van der Waals surface area contributed by atoms with Gasteiger partial charge in [-0.15, -0.1) is 13.2 Å².